The third-order valence-electron chi connectivity index (χ3n) is 3.80. The lowest BCUT2D eigenvalue weighted by Crippen LogP contribution is -2.19. The summed E-state index contributed by atoms with van der Waals surface area (Å²) in [6, 6.07) is 10.7. The standard InChI is InChI=1S/C19H21ClF2O6S/c20-12-16(23)13-27-18-8-4-15(5-9-18)19(21,22)14-2-6-17(7-3-14)26-10-1-11-28-29(24)25/h2-9,16,23H,1,10-13H2,(H,24,25). The van der Waals surface area contributed by atoms with E-state index in [4.69, 9.17) is 25.6 Å². The van der Waals surface area contributed by atoms with Crippen molar-refractivity contribution in [3.8, 4) is 11.5 Å². The predicted octanol–water partition coefficient (Wildman–Crippen LogP) is 3.73. The molecule has 10 heteroatoms. The van der Waals surface area contributed by atoms with Gasteiger partial charge in [-0.25, -0.2) is 0 Å². The van der Waals surface area contributed by atoms with Gasteiger partial charge in [0.05, 0.1) is 19.1 Å². The van der Waals surface area contributed by atoms with Crippen LogP contribution in [0.2, 0.25) is 0 Å². The Balaban J connectivity index is 1.93. The second-order valence-corrected chi connectivity index (χ2v) is 6.96. The summed E-state index contributed by atoms with van der Waals surface area (Å²) in [5, 5.41) is 9.36. The molecule has 0 aromatic heterocycles. The first-order valence-electron chi connectivity index (χ1n) is 8.65. The van der Waals surface area contributed by atoms with E-state index in [9.17, 15) is 18.1 Å². The van der Waals surface area contributed by atoms with Crippen LogP contribution in [-0.4, -0.2) is 45.7 Å². The summed E-state index contributed by atoms with van der Waals surface area (Å²) >= 11 is 3.16. The first-order chi connectivity index (χ1) is 13.8. The molecule has 2 aromatic rings. The summed E-state index contributed by atoms with van der Waals surface area (Å²) in [4.78, 5) is 0. The molecule has 0 aliphatic carbocycles. The van der Waals surface area contributed by atoms with Crippen molar-refractivity contribution >= 4 is 23.0 Å². The molecule has 2 N–H and O–H groups in total. The molecule has 0 spiro atoms. The summed E-state index contributed by atoms with van der Waals surface area (Å²) < 4.78 is 63.4. The molecule has 6 nitrogen and oxygen atoms in total. The summed E-state index contributed by atoms with van der Waals surface area (Å²) in [5.41, 5.74) is -0.402. The number of hydrogen-bond acceptors (Lipinski definition) is 5. The zero-order chi connectivity index (χ0) is 21.3. The third-order valence-corrected chi connectivity index (χ3v) is 4.52. The van der Waals surface area contributed by atoms with Crippen LogP contribution in [0.4, 0.5) is 8.78 Å². The van der Waals surface area contributed by atoms with E-state index in [-0.39, 0.29) is 36.8 Å². The Morgan fingerprint density at radius 2 is 1.48 bits per heavy atom. The number of rotatable bonds is 12. The lowest BCUT2D eigenvalue weighted by molar-refractivity contribution is 0.0427. The zero-order valence-electron chi connectivity index (χ0n) is 15.3. The molecule has 0 amide bonds. The Kier molecular flexibility index (Phi) is 9.25. The number of aliphatic hydroxyl groups excluding tert-OH is 1. The summed E-state index contributed by atoms with van der Waals surface area (Å²) in [6.45, 7) is 0.237. The number of benzene rings is 2. The van der Waals surface area contributed by atoms with Gasteiger partial charge < -0.3 is 14.6 Å². The van der Waals surface area contributed by atoms with Crippen molar-refractivity contribution in [2.24, 2.45) is 0 Å². The van der Waals surface area contributed by atoms with Gasteiger partial charge in [-0.1, -0.05) is 0 Å². The fourth-order valence-corrected chi connectivity index (χ4v) is 2.65. The van der Waals surface area contributed by atoms with E-state index in [0.717, 1.165) is 0 Å². The van der Waals surface area contributed by atoms with Crippen LogP contribution in [0.1, 0.15) is 17.5 Å². The molecule has 0 saturated heterocycles. The van der Waals surface area contributed by atoms with Gasteiger partial charge in [0.2, 0.25) is 0 Å². The molecule has 0 aliphatic rings. The fourth-order valence-electron chi connectivity index (χ4n) is 2.30. The number of hydrogen-bond donors (Lipinski definition) is 2. The fraction of sp³-hybridized carbons (Fsp3) is 0.368. The highest BCUT2D eigenvalue weighted by molar-refractivity contribution is 7.74. The van der Waals surface area contributed by atoms with Crippen molar-refractivity contribution in [1.29, 1.82) is 0 Å². The molecule has 2 aromatic carbocycles. The highest BCUT2D eigenvalue weighted by atomic mass is 35.5. The Morgan fingerprint density at radius 3 is 1.97 bits per heavy atom. The first kappa shape index (κ1) is 23.5. The van der Waals surface area contributed by atoms with Crippen LogP contribution < -0.4 is 9.47 Å². The summed E-state index contributed by atoms with van der Waals surface area (Å²) in [5.74, 6) is -2.44. The maximum Gasteiger partial charge on any atom is 0.301 e. The average Bonchev–Trinajstić information content (AvgIpc) is 2.72. The molecule has 2 atom stereocenters. The Hall–Kier alpha value is -1.78. The lowest BCUT2D eigenvalue weighted by atomic mass is 10.0. The normalized spacial score (nSPS) is 13.7. The maximum atomic E-state index is 14.7. The molecule has 0 saturated carbocycles. The monoisotopic (exact) mass is 450 g/mol. The number of aliphatic hydroxyl groups is 1. The SMILES string of the molecule is O=S(O)OCCCOc1ccc(C(F)(F)c2ccc(OCC(O)CCl)cc2)cc1. The molecule has 0 fully saturated rings. The molecule has 29 heavy (non-hydrogen) atoms. The number of ether oxygens (including phenoxy) is 2. The molecular formula is C19H21ClF2O6S. The van der Waals surface area contributed by atoms with Crippen LogP contribution in [0.3, 0.4) is 0 Å². The topological polar surface area (TPSA) is 85.2 Å². The van der Waals surface area contributed by atoms with Gasteiger partial charge >= 0.3 is 11.4 Å². The van der Waals surface area contributed by atoms with E-state index in [1.165, 1.54) is 48.5 Å². The molecule has 2 unspecified atom stereocenters. The van der Waals surface area contributed by atoms with Crippen LogP contribution in [-0.2, 0) is 21.5 Å². The molecule has 2 rings (SSSR count). The summed E-state index contributed by atoms with van der Waals surface area (Å²) in [7, 11) is 0. The van der Waals surface area contributed by atoms with Crippen LogP contribution in [0.15, 0.2) is 48.5 Å². The molecule has 160 valence electrons. The van der Waals surface area contributed by atoms with E-state index < -0.39 is 23.4 Å². The van der Waals surface area contributed by atoms with Gasteiger partial charge in [-0.05, 0) is 48.5 Å². The zero-order valence-corrected chi connectivity index (χ0v) is 16.9. The van der Waals surface area contributed by atoms with E-state index in [1.807, 2.05) is 0 Å². The minimum atomic E-state index is -3.22. The van der Waals surface area contributed by atoms with Gasteiger partial charge in [0.1, 0.15) is 24.2 Å². The van der Waals surface area contributed by atoms with Crippen LogP contribution in [0.25, 0.3) is 0 Å². The van der Waals surface area contributed by atoms with Crippen molar-refractivity contribution in [1.82, 2.24) is 0 Å². The van der Waals surface area contributed by atoms with E-state index in [2.05, 4.69) is 4.18 Å². The molecular weight excluding hydrogens is 430 g/mol. The second-order valence-electron chi connectivity index (χ2n) is 5.98. The van der Waals surface area contributed by atoms with E-state index >= 15 is 0 Å². The van der Waals surface area contributed by atoms with Gasteiger partial charge in [-0.3, -0.25) is 8.74 Å². The van der Waals surface area contributed by atoms with Crippen LogP contribution in [0.5, 0.6) is 11.5 Å². The minimum Gasteiger partial charge on any atom is -0.494 e. The van der Waals surface area contributed by atoms with Gasteiger partial charge in [0.15, 0.2) is 0 Å². The van der Waals surface area contributed by atoms with Gasteiger partial charge in [-0.15, -0.1) is 11.6 Å². The Morgan fingerprint density at radius 1 is 0.966 bits per heavy atom. The van der Waals surface area contributed by atoms with Crippen molar-refractivity contribution < 1.29 is 36.3 Å². The lowest BCUT2D eigenvalue weighted by Gasteiger charge is -2.18. The van der Waals surface area contributed by atoms with Gasteiger partial charge in [0.25, 0.3) is 5.92 Å². The van der Waals surface area contributed by atoms with Gasteiger partial charge in [-0.2, -0.15) is 13.0 Å². The van der Waals surface area contributed by atoms with Crippen molar-refractivity contribution in [2.45, 2.75) is 18.4 Å². The van der Waals surface area contributed by atoms with Crippen LogP contribution in [0, 0.1) is 0 Å². The highest BCUT2D eigenvalue weighted by Gasteiger charge is 2.33. The Bertz CT molecular complexity index is 773. The Labute approximate surface area is 174 Å². The van der Waals surface area contributed by atoms with E-state index in [1.54, 1.807) is 0 Å². The smallest absolute Gasteiger partial charge is 0.301 e. The number of alkyl halides is 3. The molecule has 0 bridgehead atoms. The van der Waals surface area contributed by atoms with E-state index in [0.29, 0.717) is 17.9 Å². The molecule has 0 aliphatic heterocycles. The molecule has 0 radical (unpaired) electrons. The van der Waals surface area contributed by atoms with Crippen molar-refractivity contribution in [3.05, 3.63) is 59.7 Å². The quantitative estimate of drug-likeness (QED) is 0.291. The average molecular weight is 451 g/mol. The van der Waals surface area contributed by atoms with Crippen LogP contribution >= 0.6 is 11.6 Å². The largest absolute Gasteiger partial charge is 0.494 e. The summed E-state index contributed by atoms with van der Waals surface area (Å²) in [6.07, 6.45) is -0.453. The van der Waals surface area contributed by atoms with Crippen molar-refractivity contribution in [3.63, 3.8) is 0 Å². The second kappa shape index (κ2) is 11.4. The first-order valence-corrected chi connectivity index (χ1v) is 10.2. The maximum absolute atomic E-state index is 14.7. The predicted molar refractivity (Wildman–Crippen MR) is 105 cm³/mol. The minimum absolute atomic E-state index is 0.0210. The van der Waals surface area contributed by atoms with Gasteiger partial charge in [0, 0.05) is 17.5 Å². The van der Waals surface area contributed by atoms with Crippen molar-refractivity contribution in [2.75, 3.05) is 25.7 Å². The third kappa shape index (κ3) is 7.52. The highest BCUT2D eigenvalue weighted by Crippen LogP contribution is 2.37. The molecule has 0 heterocycles. The number of halogens is 3.